The number of anilines is 3. The van der Waals surface area contributed by atoms with E-state index in [2.05, 4.69) is 223 Å². The fraction of sp³-hybridized carbons (Fsp3) is 0.0164. The van der Waals surface area contributed by atoms with Crippen LogP contribution in [-0.2, 0) is 5.41 Å². The molecule has 63 heavy (non-hydrogen) atoms. The zero-order valence-corrected chi connectivity index (χ0v) is 34.2. The van der Waals surface area contributed by atoms with Crippen LogP contribution in [-0.4, -0.2) is 0 Å². The number of fused-ring (bicyclic) bond motifs is 14. The molecule has 0 saturated heterocycles. The molecule has 0 aliphatic heterocycles. The van der Waals surface area contributed by atoms with Gasteiger partial charge in [0.1, 0.15) is 11.2 Å². The first-order valence-corrected chi connectivity index (χ1v) is 21.8. The Morgan fingerprint density at radius 3 is 1.68 bits per heavy atom. The van der Waals surface area contributed by atoms with Gasteiger partial charge in [-0.25, -0.2) is 0 Å². The van der Waals surface area contributed by atoms with Crippen LogP contribution in [0.5, 0.6) is 0 Å². The number of para-hydroxylation sites is 1. The summed E-state index contributed by atoms with van der Waals surface area (Å²) in [5.41, 5.74) is 17.3. The van der Waals surface area contributed by atoms with E-state index >= 15 is 0 Å². The van der Waals surface area contributed by atoms with Crippen molar-refractivity contribution in [3.05, 3.63) is 247 Å². The maximum absolute atomic E-state index is 6.39. The smallest absolute Gasteiger partial charge is 0.135 e. The van der Waals surface area contributed by atoms with Crippen molar-refractivity contribution in [2.75, 3.05) is 4.90 Å². The minimum absolute atomic E-state index is 0.645. The lowest BCUT2D eigenvalue weighted by Crippen LogP contribution is -2.32. The van der Waals surface area contributed by atoms with Crippen molar-refractivity contribution in [2.24, 2.45) is 0 Å². The lowest BCUT2D eigenvalue weighted by atomic mass is 9.60. The van der Waals surface area contributed by atoms with E-state index in [4.69, 9.17) is 4.42 Å². The first-order chi connectivity index (χ1) is 31.3. The van der Waals surface area contributed by atoms with E-state index in [0.717, 1.165) is 39.0 Å². The molecule has 12 aromatic rings. The Labute approximate surface area is 364 Å². The molecule has 0 bridgehead atoms. The van der Waals surface area contributed by atoms with Crippen LogP contribution in [0.4, 0.5) is 17.1 Å². The predicted molar refractivity (Wildman–Crippen MR) is 263 cm³/mol. The third-order valence-electron chi connectivity index (χ3n) is 14.0. The molecule has 0 N–H and O–H groups in total. The zero-order valence-electron chi connectivity index (χ0n) is 34.2. The molecule has 1 aromatic heterocycles. The van der Waals surface area contributed by atoms with Gasteiger partial charge in [-0.2, -0.15) is 0 Å². The van der Waals surface area contributed by atoms with Gasteiger partial charge in [0, 0.05) is 27.5 Å². The molecular formula is C61H37NO. The molecule has 0 fully saturated rings. The van der Waals surface area contributed by atoms with E-state index in [1.54, 1.807) is 0 Å². The second-order valence-corrected chi connectivity index (χ2v) is 17.1. The third kappa shape index (κ3) is 4.67. The topological polar surface area (TPSA) is 16.4 Å². The van der Waals surface area contributed by atoms with Gasteiger partial charge in [0.25, 0.3) is 0 Å². The number of nitrogens with zero attached hydrogens (tertiary/aromatic N) is 1. The highest BCUT2D eigenvalue weighted by Gasteiger charge is 2.51. The summed E-state index contributed by atoms with van der Waals surface area (Å²) in [7, 11) is 0. The second kappa shape index (κ2) is 12.9. The minimum Gasteiger partial charge on any atom is -0.456 e. The summed E-state index contributed by atoms with van der Waals surface area (Å²) < 4.78 is 6.39. The first-order valence-electron chi connectivity index (χ1n) is 21.8. The SMILES string of the molecule is c1ccc2c(c1)-c1ccc(N(c3ccc4oc5ccccc5c4c3)c3cccc4ccccc34)cc1C21c2ccccc2-c2cccc3ccc(-c4cccc5ccccc45)c1c23. The number of furan rings is 1. The van der Waals surface area contributed by atoms with Crippen LogP contribution in [0.25, 0.3) is 87.6 Å². The lowest BCUT2D eigenvalue weighted by Gasteiger charge is -2.42. The van der Waals surface area contributed by atoms with Gasteiger partial charge in [-0.05, 0) is 125 Å². The Bertz CT molecular complexity index is 3880. The van der Waals surface area contributed by atoms with E-state index < -0.39 is 5.41 Å². The minimum atomic E-state index is -0.645. The first kappa shape index (κ1) is 34.5. The van der Waals surface area contributed by atoms with Gasteiger partial charge < -0.3 is 9.32 Å². The predicted octanol–water partition coefficient (Wildman–Crippen LogP) is 16.5. The summed E-state index contributed by atoms with van der Waals surface area (Å²) >= 11 is 0. The molecule has 1 heterocycles. The Balaban J connectivity index is 1.12. The van der Waals surface area contributed by atoms with Crippen molar-refractivity contribution in [3.63, 3.8) is 0 Å². The Morgan fingerprint density at radius 2 is 0.857 bits per heavy atom. The molecule has 0 radical (unpaired) electrons. The molecule has 2 aliphatic rings. The molecule has 0 amide bonds. The fourth-order valence-corrected chi connectivity index (χ4v) is 11.5. The van der Waals surface area contributed by atoms with Gasteiger partial charge in [0.05, 0.1) is 11.1 Å². The van der Waals surface area contributed by atoms with Crippen molar-refractivity contribution >= 4 is 71.3 Å². The standard InChI is InChI=1S/C61H37NO/c1-3-19-43-38(14-1)16-11-24-45(43)51-33-30-40-18-12-25-50-47-22-6-9-27-54(47)61(60(51)59(40)50)53-26-8-5-21-46(53)48-34-31-42(37-55(48)61)62(56-28-13-17-39-15-2-4-20-44(39)56)41-32-35-58-52(36-41)49-23-7-10-29-57(49)63-58/h1-37H. The van der Waals surface area contributed by atoms with Gasteiger partial charge in [0.15, 0.2) is 0 Å². The van der Waals surface area contributed by atoms with E-state index in [-0.39, 0.29) is 0 Å². The average molecular weight is 800 g/mol. The molecule has 1 spiro atoms. The molecule has 1 unspecified atom stereocenters. The van der Waals surface area contributed by atoms with Crippen LogP contribution in [0.2, 0.25) is 0 Å². The van der Waals surface area contributed by atoms with E-state index in [1.165, 1.54) is 88.0 Å². The Hall–Kier alpha value is -8.20. The summed E-state index contributed by atoms with van der Waals surface area (Å²) in [5, 5.41) is 9.66. The Kier molecular flexibility index (Phi) is 7.07. The fourth-order valence-electron chi connectivity index (χ4n) is 11.5. The van der Waals surface area contributed by atoms with Gasteiger partial charge in [-0.3, -0.25) is 0 Å². The van der Waals surface area contributed by atoms with Crippen molar-refractivity contribution in [3.8, 4) is 33.4 Å². The quantitative estimate of drug-likeness (QED) is 0.176. The van der Waals surface area contributed by atoms with E-state index in [9.17, 15) is 0 Å². The van der Waals surface area contributed by atoms with Crippen LogP contribution in [0.1, 0.15) is 22.3 Å². The van der Waals surface area contributed by atoms with Crippen molar-refractivity contribution in [1.82, 2.24) is 0 Å². The van der Waals surface area contributed by atoms with Crippen LogP contribution < -0.4 is 4.90 Å². The number of hydrogen-bond donors (Lipinski definition) is 0. The van der Waals surface area contributed by atoms with Crippen molar-refractivity contribution < 1.29 is 4.42 Å². The van der Waals surface area contributed by atoms with Gasteiger partial charge >= 0.3 is 0 Å². The molecule has 11 aromatic carbocycles. The van der Waals surface area contributed by atoms with Gasteiger partial charge in [-0.1, -0.05) is 182 Å². The highest BCUT2D eigenvalue weighted by molar-refractivity contribution is 6.13. The molecule has 292 valence electrons. The third-order valence-corrected chi connectivity index (χ3v) is 14.0. The number of hydrogen-bond acceptors (Lipinski definition) is 2. The Morgan fingerprint density at radius 1 is 0.317 bits per heavy atom. The average Bonchev–Trinajstić information content (AvgIpc) is 3.86. The van der Waals surface area contributed by atoms with E-state index in [0.29, 0.717) is 0 Å². The van der Waals surface area contributed by atoms with Gasteiger partial charge in [0.2, 0.25) is 0 Å². The molecule has 2 aliphatic carbocycles. The number of rotatable bonds is 4. The maximum atomic E-state index is 6.39. The van der Waals surface area contributed by atoms with Crippen LogP contribution in [0, 0.1) is 0 Å². The molecule has 2 heteroatoms. The summed E-state index contributed by atoms with van der Waals surface area (Å²) in [6.07, 6.45) is 0. The molecular weight excluding hydrogens is 763 g/mol. The van der Waals surface area contributed by atoms with Crippen molar-refractivity contribution in [2.45, 2.75) is 5.41 Å². The van der Waals surface area contributed by atoms with Crippen LogP contribution in [0.15, 0.2) is 229 Å². The second-order valence-electron chi connectivity index (χ2n) is 17.1. The summed E-state index contributed by atoms with van der Waals surface area (Å²) in [6.45, 7) is 0. The molecule has 1 atom stereocenters. The van der Waals surface area contributed by atoms with Crippen molar-refractivity contribution in [1.29, 1.82) is 0 Å². The maximum Gasteiger partial charge on any atom is 0.135 e. The largest absolute Gasteiger partial charge is 0.456 e. The monoisotopic (exact) mass is 799 g/mol. The lowest BCUT2D eigenvalue weighted by molar-refractivity contribution is 0.669. The molecule has 14 rings (SSSR count). The van der Waals surface area contributed by atoms with E-state index in [1.807, 2.05) is 6.07 Å². The summed E-state index contributed by atoms with van der Waals surface area (Å²) in [5.74, 6) is 0. The summed E-state index contributed by atoms with van der Waals surface area (Å²) in [6, 6.07) is 83.3. The van der Waals surface area contributed by atoms with Crippen LogP contribution in [0.3, 0.4) is 0 Å². The van der Waals surface area contributed by atoms with Crippen LogP contribution >= 0.6 is 0 Å². The highest BCUT2D eigenvalue weighted by atomic mass is 16.3. The molecule has 0 saturated carbocycles. The zero-order chi connectivity index (χ0) is 41.2. The van der Waals surface area contributed by atoms with Gasteiger partial charge in [-0.15, -0.1) is 0 Å². The normalized spacial score (nSPS) is 14.7. The number of benzene rings is 11. The summed E-state index contributed by atoms with van der Waals surface area (Å²) in [4.78, 5) is 2.47. The highest BCUT2D eigenvalue weighted by Crippen LogP contribution is 2.64. The molecule has 2 nitrogen and oxygen atoms in total.